The quantitative estimate of drug-likeness (QED) is 0.615. The van der Waals surface area contributed by atoms with Crippen molar-refractivity contribution >= 4 is 23.9 Å². The molecule has 0 atom stereocenters. The van der Waals surface area contributed by atoms with Gasteiger partial charge in [-0.15, -0.1) is 0 Å². The maximum Gasteiger partial charge on any atom is 0.315 e. The van der Waals surface area contributed by atoms with Crippen LogP contribution in [0.2, 0.25) is 5.02 Å². The minimum Gasteiger partial charge on any atom is -0.481 e. The molecular weight excluding hydrogens is 216 g/mol. The maximum atomic E-state index is 10.6. The van der Waals surface area contributed by atoms with Crippen molar-refractivity contribution < 1.29 is 14.7 Å². The molecule has 0 aliphatic carbocycles. The van der Waals surface area contributed by atoms with Crippen molar-refractivity contribution in [2.75, 3.05) is 0 Å². The molecule has 0 saturated heterocycles. The first-order chi connectivity index (χ1) is 7.13. The van der Waals surface area contributed by atoms with E-state index in [1.165, 1.54) is 6.07 Å². The van der Waals surface area contributed by atoms with Crippen LogP contribution in [0, 0.1) is 11.8 Å². The standard InChI is InChI=1S/C11H7ClO3/c12-10-5-4-8(9(6-10)7-13)2-1-3-11(14)15/h4-7H,3H2,(H,14,15). The predicted octanol–water partition coefficient (Wildman–Crippen LogP) is 1.98. The number of carbonyl (C=O) groups excluding carboxylic acids is 1. The molecular formula is C11H7ClO3. The Morgan fingerprint density at radius 3 is 2.87 bits per heavy atom. The van der Waals surface area contributed by atoms with Crippen molar-refractivity contribution in [2.45, 2.75) is 6.42 Å². The van der Waals surface area contributed by atoms with Crippen LogP contribution < -0.4 is 0 Å². The third-order valence-electron chi connectivity index (χ3n) is 1.60. The number of aldehydes is 1. The van der Waals surface area contributed by atoms with Crippen LogP contribution in [0.15, 0.2) is 18.2 Å². The first kappa shape index (κ1) is 11.3. The molecule has 1 N–H and O–H groups in total. The van der Waals surface area contributed by atoms with Crippen LogP contribution in [-0.4, -0.2) is 17.4 Å². The molecule has 0 aromatic heterocycles. The van der Waals surface area contributed by atoms with E-state index in [9.17, 15) is 9.59 Å². The van der Waals surface area contributed by atoms with Crippen molar-refractivity contribution in [1.82, 2.24) is 0 Å². The van der Waals surface area contributed by atoms with Crippen LogP contribution in [0.25, 0.3) is 0 Å². The van der Waals surface area contributed by atoms with Gasteiger partial charge in [0.1, 0.15) is 6.42 Å². The van der Waals surface area contributed by atoms with Gasteiger partial charge in [-0.05, 0) is 18.2 Å². The summed E-state index contributed by atoms with van der Waals surface area (Å²) in [5.41, 5.74) is 0.844. The molecule has 0 aliphatic rings. The fourth-order valence-electron chi connectivity index (χ4n) is 0.960. The highest BCUT2D eigenvalue weighted by atomic mass is 35.5. The Labute approximate surface area is 91.7 Å². The number of benzene rings is 1. The van der Waals surface area contributed by atoms with E-state index in [0.29, 0.717) is 22.4 Å². The Hall–Kier alpha value is -1.79. The molecule has 0 saturated carbocycles. The zero-order valence-corrected chi connectivity index (χ0v) is 8.41. The van der Waals surface area contributed by atoms with E-state index in [1.54, 1.807) is 12.1 Å². The SMILES string of the molecule is O=Cc1cc(Cl)ccc1C#CCC(=O)O. The molecule has 1 rings (SSSR count). The number of carboxylic acid groups (broad SMARTS) is 1. The molecule has 0 fully saturated rings. The average molecular weight is 223 g/mol. The number of carbonyl (C=O) groups is 2. The topological polar surface area (TPSA) is 54.4 Å². The van der Waals surface area contributed by atoms with Gasteiger partial charge >= 0.3 is 5.97 Å². The van der Waals surface area contributed by atoms with E-state index in [-0.39, 0.29) is 6.42 Å². The smallest absolute Gasteiger partial charge is 0.315 e. The third kappa shape index (κ3) is 3.45. The van der Waals surface area contributed by atoms with Gasteiger partial charge < -0.3 is 5.11 Å². The first-order valence-corrected chi connectivity index (χ1v) is 4.46. The Bertz CT molecular complexity index is 455. The second-order valence-electron chi connectivity index (χ2n) is 2.72. The summed E-state index contributed by atoms with van der Waals surface area (Å²) >= 11 is 5.68. The normalized spacial score (nSPS) is 8.87. The number of carboxylic acids is 1. The summed E-state index contributed by atoms with van der Waals surface area (Å²) in [5, 5.41) is 8.81. The van der Waals surface area contributed by atoms with Crippen molar-refractivity contribution in [3.63, 3.8) is 0 Å². The summed E-state index contributed by atoms with van der Waals surface area (Å²) in [6, 6.07) is 4.67. The zero-order chi connectivity index (χ0) is 11.3. The summed E-state index contributed by atoms with van der Waals surface area (Å²) in [5.74, 6) is 4.05. The second-order valence-corrected chi connectivity index (χ2v) is 3.16. The summed E-state index contributed by atoms with van der Waals surface area (Å²) < 4.78 is 0. The molecule has 0 amide bonds. The van der Waals surface area contributed by atoms with E-state index >= 15 is 0 Å². The molecule has 76 valence electrons. The highest BCUT2D eigenvalue weighted by Gasteiger charge is 1.99. The Kier molecular flexibility index (Phi) is 3.90. The molecule has 0 unspecified atom stereocenters. The number of halogens is 1. The second kappa shape index (κ2) is 5.18. The van der Waals surface area contributed by atoms with Crippen LogP contribution in [0.3, 0.4) is 0 Å². The molecule has 0 aliphatic heterocycles. The fraction of sp³-hybridized carbons (Fsp3) is 0.0909. The molecule has 1 aromatic rings. The van der Waals surface area contributed by atoms with E-state index in [4.69, 9.17) is 16.7 Å². The van der Waals surface area contributed by atoms with Gasteiger partial charge in [0.25, 0.3) is 0 Å². The van der Waals surface area contributed by atoms with Gasteiger partial charge in [-0.3, -0.25) is 9.59 Å². The monoisotopic (exact) mass is 222 g/mol. The largest absolute Gasteiger partial charge is 0.481 e. The Balaban J connectivity index is 2.97. The molecule has 0 radical (unpaired) electrons. The Morgan fingerprint density at radius 2 is 2.27 bits per heavy atom. The van der Waals surface area contributed by atoms with Gasteiger partial charge in [-0.1, -0.05) is 23.4 Å². The van der Waals surface area contributed by atoms with E-state index < -0.39 is 5.97 Å². The minimum absolute atomic E-state index is 0.249. The van der Waals surface area contributed by atoms with Crippen LogP contribution in [-0.2, 0) is 4.79 Å². The van der Waals surface area contributed by atoms with Crippen LogP contribution in [0.1, 0.15) is 22.3 Å². The lowest BCUT2D eigenvalue weighted by Crippen LogP contribution is -1.91. The third-order valence-corrected chi connectivity index (χ3v) is 1.84. The van der Waals surface area contributed by atoms with Crippen molar-refractivity contribution in [3.8, 4) is 11.8 Å². The molecule has 0 spiro atoms. The summed E-state index contributed by atoms with van der Waals surface area (Å²) in [6.45, 7) is 0. The molecule has 3 nitrogen and oxygen atoms in total. The molecule has 0 bridgehead atoms. The van der Waals surface area contributed by atoms with E-state index in [2.05, 4.69) is 11.8 Å². The zero-order valence-electron chi connectivity index (χ0n) is 7.66. The lowest BCUT2D eigenvalue weighted by molar-refractivity contribution is -0.135. The van der Waals surface area contributed by atoms with Gasteiger partial charge in [-0.25, -0.2) is 0 Å². The van der Waals surface area contributed by atoms with Crippen molar-refractivity contribution in [3.05, 3.63) is 34.3 Å². The lowest BCUT2D eigenvalue weighted by atomic mass is 10.1. The first-order valence-electron chi connectivity index (χ1n) is 4.09. The molecule has 0 heterocycles. The maximum absolute atomic E-state index is 10.6. The summed E-state index contributed by atoms with van der Waals surface area (Å²) in [6.07, 6.45) is 0.386. The van der Waals surface area contributed by atoms with Crippen LogP contribution >= 0.6 is 11.6 Å². The van der Waals surface area contributed by atoms with Gasteiger partial charge in [-0.2, -0.15) is 0 Å². The molecule has 1 aromatic carbocycles. The lowest BCUT2D eigenvalue weighted by Gasteiger charge is -1.96. The summed E-state index contributed by atoms with van der Waals surface area (Å²) in [4.78, 5) is 20.8. The van der Waals surface area contributed by atoms with Gasteiger partial charge in [0.15, 0.2) is 6.29 Å². The van der Waals surface area contributed by atoms with Crippen LogP contribution in [0.5, 0.6) is 0 Å². The highest BCUT2D eigenvalue weighted by molar-refractivity contribution is 6.30. The highest BCUT2D eigenvalue weighted by Crippen LogP contribution is 2.13. The number of hydrogen-bond donors (Lipinski definition) is 1. The van der Waals surface area contributed by atoms with Crippen LogP contribution in [0.4, 0.5) is 0 Å². The fourth-order valence-corrected chi connectivity index (χ4v) is 1.14. The number of aliphatic carboxylic acids is 1. The van der Waals surface area contributed by atoms with Gasteiger partial charge in [0.05, 0.1) is 0 Å². The molecule has 15 heavy (non-hydrogen) atoms. The van der Waals surface area contributed by atoms with Crippen molar-refractivity contribution in [1.29, 1.82) is 0 Å². The summed E-state index contributed by atoms with van der Waals surface area (Å²) in [7, 11) is 0. The minimum atomic E-state index is -0.996. The van der Waals surface area contributed by atoms with E-state index in [1.807, 2.05) is 0 Å². The Morgan fingerprint density at radius 1 is 1.53 bits per heavy atom. The predicted molar refractivity (Wildman–Crippen MR) is 56.0 cm³/mol. The van der Waals surface area contributed by atoms with Gasteiger partial charge in [0, 0.05) is 16.1 Å². The van der Waals surface area contributed by atoms with Crippen molar-refractivity contribution in [2.24, 2.45) is 0 Å². The molecule has 4 heteroatoms. The number of hydrogen-bond acceptors (Lipinski definition) is 2. The number of rotatable bonds is 2. The van der Waals surface area contributed by atoms with Gasteiger partial charge in [0.2, 0.25) is 0 Å². The average Bonchev–Trinajstić information content (AvgIpc) is 2.19. The van der Waals surface area contributed by atoms with E-state index in [0.717, 1.165) is 0 Å².